The minimum absolute atomic E-state index is 0.776. The van der Waals surface area contributed by atoms with Crippen molar-refractivity contribution >= 4 is 10.9 Å². The van der Waals surface area contributed by atoms with Gasteiger partial charge in [-0.25, -0.2) is 0 Å². The van der Waals surface area contributed by atoms with Gasteiger partial charge in [0.25, 0.3) is 0 Å². The summed E-state index contributed by atoms with van der Waals surface area (Å²) in [6.45, 7) is 1.03. The number of aromatic nitrogens is 1. The molecule has 1 heterocycles. The number of aryl methyl sites for hydroxylation is 2. The fourth-order valence-electron chi connectivity index (χ4n) is 2.44. The van der Waals surface area contributed by atoms with Crippen LogP contribution < -0.4 is 14.8 Å². The second-order valence-electron chi connectivity index (χ2n) is 4.70. The Morgan fingerprint density at radius 2 is 1.84 bits per heavy atom. The second-order valence-corrected chi connectivity index (χ2v) is 4.70. The summed E-state index contributed by atoms with van der Waals surface area (Å²) in [6, 6.07) is 4.11. The first-order valence-electron chi connectivity index (χ1n) is 6.55. The SMILES string of the molecule is CNCCCc1cn(C)c2cc(OC)c(OC)cc12. The molecular weight excluding hydrogens is 240 g/mol. The predicted molar refractivity (Wildman–Crippen MR) is 78.3 cm³/mol. The van der Waals surface area contributed by atoms with Crippen LogP contribution in [0.25, 0.3) is 10.9 Å². The van der Waals surface area contributed by atoms with Crippen LogP contribution in [0.5, 0.6) is 11.5 Å². The maximum absolute atomic E-state index is 5.39. The third-order valence-electron chi connectivity index (χ3n) is 3.45. The summed E-state index contributed by atoms with van der Waals surface area (Å²) in [6.07, 6.45) is 4.39. The van der Waals surface area contributed by atoms with Gasteiger partial charge in [-0.05, 0) is 38.1 Å². The molecule has 1 aromatic carbocycles. The van der Waals surface area contributed by atoms with E-state index in [0.29, 0.717) is 0 Å². The molecule has 0 bridgehead atoms. The van der Waals surface area contributed by atoms with Crippen LogP contribution in [0.2, 0.25) is 0 Å². The molecule has 4 heteroatoms. The van der Waals surface area contributed by atoms with Gasteiger partial charge in [-0.15, -0.1) is 0 Å². The van der Waals surface area contributed by atoms with E-state index in [1.54, 1.807) is 14.2 Å². The Morgan fingerprint density at radius 1 is 1.16 bits per heavy atom. The van der Waals surface area contributed by atoms with Crippen molar-refractivity contribution in [3.8, 4) is 11.5 Å². The number of hydrogen-bond acceptors (Lipinski definition) is 3. The third kappa shape index (κ3) is 2.68. The van der Waals surface area contributed by atoms with Crippen LogP contribution in [0.15, 0.2) is 18.3 Å². The molecule has 104 valence electrons. The van der Waals surface area contributed by atoms with Crippen LogP contribution in [0.3, 0.4) is 0 Å². The van der Waals surface area contributed by atoms with Crippen molar-refractivity contribution < 1.29 is 9.47 Å². The Kier molecular flexibility index (Phi) is 4.32. The molecule has 0 unspecified atom stereocenters. The predicted octanol–water partition coefficient (Wildman–Crippen LogP) is 2.35. The average Bonchev–Trinajstić information content (AvgIpc) is 2.74. The lowest BCUT2D eigenvalue weighted by molar-refractivity contribution is 0.355. The highest BCUT2D eigenvalue weighted by Crippen LogP contribution is 2.34. The molecule has 1 N–H and O–H groups in total. The highest BCUT2D eigenvalue weighted by Gasteiger charge is 2.12. The molecular formula is C15H22N2O2. The molecule has 19 heavy (non-hydrogen) atoms. The molecule has 2 aromatic rings. The number of methoxy groups -OCH3 is 2. The molecule has 0 radical (unpaired) electrons. The first-order chi connectivity index (χ1) is 9.21. The van der Waals surface area contributed by atoms with E-state index in [0.717, 1.165) is 30.9 Å². The van der Waals surface area contributed by atoms with E-state index in [4.69, 9.17) is 9.47 Å². The third-order valence-corrected chi connectivity index (χ3v) is 3.45. The fraction of sp³-hybridized carbons (Fsp3) is 0.467. The maximum Gasteiger partial charge on any atom is 0.162 e. The number of ether oxygens (including phenoxy) is 2. The quantitative estimate of drug-likeness (QED) is 0.812. The second kappa shape index (κ2) is 5.97. The van der Waals surface area contributed by atoms with E-state index >= 15 is 0 Å². The van der Waals surface area contributed by atoms with Gasteiger partial charge in [0.1, 0.15) is 0 Å². The van der Waals surface area contributed by atoms with Gasteiger partial charge in [0, 0.05) is 24.7 Å². The van der Waals surface area contributed by atoms with E-state index in [1.165, 1.54) is 16.5 Å². The Morgan fingerprint density at radius 3 is 2.47 bits per heavy atom. The highest BCUT2D eigenvalue weighted by atomic mass is 16.5. The summed E-state index contributed by atoms with van der Waals surface area (Å²) in [7, 11) is 7.39. The Bertz CT molecular complexity index is 561. The van der Waals surface area contributed by atoms with Gasteiger partial charge in [-0.2, -0.15) is 0 Å². The lowest BCUT2D eigenvalue weighted by atomic mass is 10.1. The summed E-state index contributed by atoms with van der Waals surface area (Å²) in [5.41, 5.74) is 2.53. The van der Waals surface area contributed by atoms with Gasteiger partial charge in [-0.3, -0.25) is 0 Å². The van der Waals surface area contributed by atoms with Crippen LogP contribution in [-0.4, -0.2) is 32.4 Å². The van der Waals surface area contributed by atoms with Crippen LogP contribution >= 0.6 is 0 Å². The lowest BCUT2D eigenvalue weighted by Crippen LogP contribution is -2.08. The van der Waals surface area contributed by atoms with Crippen molar-refractivity contribution in [1.82, 2.24) is 9.88 Å². The molecule has 0 spiro atoms. The van der Waals surface area contributed by atoms with Crippen molar-refractivity contribution in [3.05, 3.63) is 23.9 Å². The zero-order valence-corrected chi connectivity index (χ0v) is 12.1. The minimum atomic E-state index is 0.776. The van der Waals surface area contributed by atoms with Crippen LogP contribution in [-0.2, 0) is 13.5 Å². The standard InChI is InChI=1S/C15H22N2O2/c1-16-7-5-6-11-10-17(2)13-9-15(19-4)14(18-3)8-12(11)13/h8-10,16H,5-7H2,1-4H3. The van der Waals surface area contributed by atoms with Crippen molar-refractivity contribution in [3.63, 3.8) is 0 Å². The molecule has 0 aliphatic carbocycles. The maximum atomic E-state index is 5.39. The number of benzene rings is 1. The fourth-order valence-corrected chi connectivity index (χ4v) is 2.44. The Labute approximate surface area is 114 Å². The van der Waals surface area contributed by atoms with Gasteiger partial charge in [0.2, 0.25) is 0 Å². The summed E-state index contributed by atoms with van der Waals surface area (Å²) in [5, 5.41) is 4.43. The number of fused-ring (bicyclic) bond motifs is 1. The molecule has 4 nitrogen and oxygen atoms in total. The van der Waals surface area contributed by atoms with E-state index in [2.05, 4.69) is 29.2 Å². The summed E-state index contributed by atoms with van der Waals surface area (Å²) in [4.78, 5) is 0. The van der Waals surface area contributed by atoms with E-state index in [9.17, 15) is 0 Å². The number of nitrogens with one attached hydrogen (secondary N) is 1. The molecule has 1 aromatic heterocycles. The van der Waals surface area contributed by atoms with E-state index in [1.807, 2.05) is 13.1 Å². The summed E-state index contributed by atoms with van der Waals surface area (Å²) in [5.74, 6) is 1.56. The molecule has 2 rings (SSSR count). The van der Waals surface area contributed by atoms with Crippen LogP contribution in [0.4, 0.5) is 0 Å². The topological polar surface area (TPSA) is 35.4 Å². The van der Waals surface area contributed by atoms with Crippen LogP contribution in [0, 0.1) is 0 Å². The lowest BCUT2D eigenvalue weighted by Gasteiger charge is -2.08. The minimum Gasteiger partial charge on any atom is -0.493 e. The van der Waals surface area contributed by atoms with Crippen molar-refractivity contribution in [2.24, 2.45) is 7.05 Å². The first-order valence-corrected chi connectivity index (χ1v) is 6.55. The van der Waals surface area contributed by atoms with Crippen LogP contribution in [0.1, 0.15) is 12.0 Å². The molecule has 0 saturated carbocycles. The monoisotopic (exact) mass is 262 g/mol. The molecule has 0 aliphatic heterocycles. The first kappa shape index (κ1) is 13.7. The van der Waals surface area contributed by atoms with Crippen molar-refractivity contribution in [2.75, 3.05) is 27.8 Å². The Hall–Kier alpha value is -1.68. The molecule has 0 amide bonds. The number of hydrogen-bond donors (Lipinski definition) is 1. The molecule has 0 aliphatic rings. The summed E-state index contributed by atoms with van der Waals surface area (Å²) < 4.78 is 12.9. The zero-order valence-electron chi connectivity index (χ0n) is 12.1. The average molecular weight is 262 g/mol. The van der Waals surface area contributed by atoms with E-state index < -0.39 is 0 Å². The van der Waals surface area contributed by atoms with Crippen molar-refractivity contribution in [2.45, 2.75) is 12.8 Å². The van der Waals surface area contributed by atoms with Gasteiger partial charge in [0.05, 0.1) is 19.7 Å². The number of rotatable bonds is 6. The van der Waals surface area contributed by atoms with E-state index in [-0.39, 0.29) is 0 Å². The van der Waals surface area contributed by atoms with Gasteiger partial charge >= 0.3 is 0 Å². The highest BCUT2D eigenvalue weighted by molar-refractivity contribution is 5.87. The smallest absolute Gasteiger partial charge is 0.162 e. The molecule has 0 saturated heterocycles. The molecule has 0 atom stereocenters. The van der Waals surface area contributed by atoms with Gasteiger partial charge < -0.3 is 19.4 Å². The molecule has 0 fully saturated rings. The normalized spacial score (nSPS) is 10.9. The van der Waals surface area contributed by atoms with Crippen molar-refractivity contribution in [1.29, 1.82) is 0 Å². The summed E-state index contributed by atoms with van der Waals surface area (Å²) >= 11 is 0. The van der Waals surface area contributed by atoms with Gasteiger partial charge in [-0.1, -0.05) is 0 Å². The van der Waals surface area contributed by atoms with Gasteiger partial charge in [0.15, 0.2) is 11.5 Å². The number of nitrogens with zero attached hydrogens (tertiary/aromatic N) is 1. The zero-order chi connectivity index (χ0) is 13.8. The largest absolute Gasteiger partial charge is 0.493 e. The Balaban J connectivity index is 2.43.